The molecule has 83 heavy (non-hydrogen) atoms. The van der Waals surface area contributed by atoms with Crippen LogP contribution in [0.5, 0.6) is 0 Å². The van der Waals surface area contributed by atoms with Crippen molar-refractivity contribution in [3.05, 3.63) is 82.3 Å². The first kappa shape index (κ1) is 65.7. The summed E-state index contributed by atoms with van der Waals surface area (Å²) < 4.78 is 21.4. The van der Waals surface area contributed by atoms with Gasteiger partial charge in [0.15, 0.2) is 0 Å². The predicted octanol–water partition coefficient (Wildman–Crippen LogP) is -5.61. The number of hydrogen-bond donors (Lipinski definition) is 9. The van der Waals surface area contributed by atoms with Gasteiger partial charge >= 0.3 is 374 Å². The molecule has 3 aromatic heterocycles. The third kappa shape index (κ3) is 19.8. The molecule has 3 unspecified atom stereocenters. The summed E-state index contributed by atoms with van der Waals surface area (Å²) in [5.74, 6) is -4.84. The molecule has 31 nitrogen and oxygen atoms in total. The molecule has 9 N–H and O–H groups in total. The van der Waals surface area contributed by atoms with Crippen LogP contribution in [0.25, 0.3) is 0 Å². The number of amides is 9. The van der Waals surface area contributed by atoms with Crippen molar-refractivity contribution in [2.24, 2.45) is 0 Å². The average Bonchev–Trinajstić information content (AvgIpc) is 3.62. The van der Waals surface area contributed by atoms with Crippen LogP contribution >= 0.6 is 0 Å². The summed E-state index contributed by atoms with van der Waals surface area (Å²) in [6.45, 7) is 14.5. The van der Waals surface area contributed by atoms with E-state index in [-0.39, 0.29) is 168 Å². The van der Waals surface area contributed by atoms with Gasteiger partial charge in [-0.15, -0.1) is 0 Å². The fourth-order valence-corrected chi connectivity index (χ4v) is 11.2. The molecule has 8 bridgehead atoms. The van der Waals surface area contributed by atoms with Gasteiger partial charge in [-0.1, -0.05) is 0 Å². The van der Waals surface area contributed by atoms with Gasteiger partial charge in [-0.05, 0) is 0 Å². The van der Waals surface area contributed by atoms with E-state index in [9.17, 15) is 57.5 Å². The normalized spacial score (nSPS) is 21.2. The maximum atomic E-state index is 14.4. The van der Waals surface area contributed by atoms with Crippen LogP contribution in [-0.2, 0) is 62.4 Å². The standard InChI is InChI=1S/C51H75N16O15.Ga/c1-28-34(7)65(80)49(77)37(58-28)10-13-43(71)61-31(4)46(74)55-19-16-40(68)52-22-25-64(26-23-53-41(69)17-20-56-47(75)32(5)62-44(72)14-11-38-50(78)66(81)35(8)29(2)59-38)27-24-54-42(70)18-21-57-48(76)33(6)63-45(73)15-12-39-51(79)67(82)36(9)30(3)60-39;/h31-33H,10-27H2,1-9H3,(H,52,68)(H,53,69)(H,54,70)(H,55,74)(H,56,75)(H,57,76)(H,61,71)(H,62,72)(H,63,73);/q-3;+3. The van der Waals surface area contributed by atoms with Crippen LogP contribution in [0.4, 0.5) is 0 Å². The fraction of sp³-hybridized carbons (Fsp3) is 0.588. The van der Waals surface area contributed by atoms with E-state index in [1.54, 1.807) is 20.8 Å². The molecule has 32 heteroatoms. The molecular formula is C51H75GaN16O15. The zero-order valence-electron chi connectivity index (χ0n) is 48.3. The van der Waals surface area contributed by atoms with E-state index in [4.69, 9.17) is 10.9 Å². The predicted molar refractivity (Wildman–Crippen MR) is 296 cm³/mol. The summed E-state index contributed by atoms with van der Waals surface area (Å²) in [5, 5.41) is 23.9. The minimum atomic E-state index is -4.92. The van der Waals surface area contributed by atoms with Crippen LogP contribution in [0.1, 0.15) is 111 Å². The second-order valence-electron chi connectivity index (χ2n) is 20.0. The number of nitrogens with zero attached hydrogens (tertiary/aromatic N) is 7. The van der Waals surface area contributed by atoms with Crippen LogP contribution in [0.15, 0.2) is 14.4 Å². The van der Waals surface area contributed by atoms with E-state index in [1.165, 1.54) is 41.5 Å². The molecule has 3 atom stereocenters. The minimum absolute atomic E-state index is 0.0774. The Morgan fingerprint density at radius 3 is 0.892 bits per heavy atom. The topological polar surface area (TPSA) is 397 Å². The van der Waals surface area contributed by atoms with Gasteiger partial charge in [-0.3, -0.25) is 19.3 Å². The van der Waals surface area contributed by atoms with Crippen molar-refractivity contribution in [3.8, 4) is 0 Å². The molecule has 3 aliphatic heterocycles. The van der Waals surface area contributed by atoms with Crippen molar-refractivity contribution >= 4 is 70.5 Å². The van der Waals surface area contributed by atoms with E-state index in [2.05, 4.69) is 62.8 Å². The summed E-state index contributed by atoms with van der Waals surface area (Å²) in [5.41, 5.74) is -1.84. The molecule has 9 amide bonds. The first-order valence-corrected chi connectivity index (χ1v) is 30.3. The molecule has 6 heterocycles. The number of carbonyl (C=O) groups is 9. The molecule has 452 valence electrons. The Bertz CT molecular complexity index is 2790. The quantitative estimate of drug-likeness (QED) is 0.0948. The number of aryl methyl sites for hydroxylation is 6. The Kier molecular flexibility index (Phi) is 24.8. The van der Waals surface area contributed by atoms with E-state index in [1.807, 2.05) is 4.90 Å². The van der Waals surface area contributed by atoms with Gasteiger partial charge < -0.3 is 16.0 Å². The van der Waals surface area contributed by atoms with Crippen LogP contribution in [-0.4, -0.2) is 182 Å². The van der Waals surface area contributed by atoms with Crippen LogP contribution < -0.4 is 75.4 Å². The van der Waals surface area contributed by atoms with E-state index in [0.29, 0.717) is 0 Å². The third-order valence-electron chi connectivity index (χ3n) is 13.5. The Balaban J connectivity index is 1.57. The summed E-state index contributed by atoms with van der Waals surface area (Å²) in [7, 11) is 0. The van der Waals surface area contributed by atoms with Crippen molar-refractivity contribution in [2.45, 2.75) is 138 Å². The number of hydrogen-bond acceptors (Lipinski definition) is 19. The van der Waals surface area contributed by atoms with E-state index in [0.717, 1.165) is 14.2 Å². The van der Waals surface area contributed by atoms with Gasteiger partial charge in [0, 0.05) is 58.5 Å². The SMILES string of the molecule is Cc1nc2c(=O)n(c1C)[O][Ga]1[O]n3c(C)c(C)nc(c3=O)CCC(=O)NC(C)C(=O)NCCC(=O)NCCN(CCNC(=O)CCNC(=O)C(C)NC(=O)CC2)CCNC(=O)CCNC(=O)C(C)NC(=O)CCc2nc(C)c(C)n(c2=O)[O]1. The zero-order valence-corrected chi connectivity index (χ0v) is 50.7. The molecule has 3 aliphatic rings. The monoisotopic (exact) mass is 1220 g/mol. The first-order chi connectivity index (χ1) is 39.3. The number of nitrogens with one attached hydrogen (secondary N) is 9. The van der Waals surface area contributed by atoms with Gasteiger partial charge in [0.2, 0.25) is 17.7 Å². The van der Waals surface area contributed by atoms with Crippen molar-refractivity contribution in [1.29, 1.82) is 0 Å². The molecule has 0 saturated carbocycles. The number of aromatic nitrogens is 6. The molecule has 6 rings (SSSR count). The molecule has 0 radical (unpaired) electrons. The Labute approximate surface area is 484 Å². The first-order valence-electron chi connectivity index (χ1n) is 27.4. The van der Waals surface area contributed by atoms with Gasteiger partial charge in [0.05, 0.1) is 0 Å². The van der Waals surface area contributed by atoms with Crippen LogP contribution in [0, 0.1) is 41.5 Å². The second kappa shape index (κ2) is 31.3. The molecule has 3 aromatic rings. The summed E-state index contributed by atoms with van der Waals surface area (Å²) >= 11 is -4.92. The number of rotatable bonds is 0. The number of carbonyl (C=O) groups excluding carboxylic acids is 9. The van der Waals surface area contributed by atoms with Crippen LogP contribution in [0.3, 0.4) is 0 Å². The van der Waals surface area contributed by atoms with Gasteiger partial charge in [-0.2, -0.15) is 0 Å². The average molecular weight is 1220 g/mol. The van der Waals surface area contributed by atoms with Gasteiger partial charge in [-0.25, -0.2) is 0 Å². The van der Waals surface area contributed by atoms with Crippen LogP contribution in [0.2, 0.25) is 0 Å². The fourth-order valence-electron chi connectivity index (χ4n) is 8.28. The summed E-state index contributed by atoms with van der Waals surface area (Å²) in [6.07, 6.45) is -2.09. The van der Waals surface area contributed by atoms with Crippen molar-refractivity contribution < 1.29 is 54.0 Å². The van der Waals surface area contributed by atoms with E-state index < -0.39 is 105 Å². The molecular weight excluding hydrogens is 1150 g/mol. The van der Waals surface area contributed by atoms with E-state index >= 15 is 0 Å². The van der Waals surface area contributed by atoms with Gasteiger partial charge in [0.1, 0.15) is 0 Å². The van der Waals surface area contributed by atoms with Crippen molar-refractivity contribution in [3.63, 3.8) is 0 Å². The molecule has 0 spiro atoms. The molecule has 0 aromatic carbocycles. The maximum absolute atomic E-state index is 14.4. The Morgan fingerprint density at radius 1 is 0.361 bits per heavy atom. The second-order valence-corrected chi connectivity index (χ2v) is 22.5. The number of fused-ring (bicyclic) bond motifs is 36. The molecule has 0 fully saturated rings. The third-order valence-corrected chi connectivity index (χ3v) is 16.0. The summed E-state index contributed by atoms with van der Waals surface area (Å²) in [6, 6.07) is -3.17. The van der Waals surface area contributed by atoms with Gasteiger partial charge in [0.25, 0.3) is 0 Å². The van der Waals surface area contributed by atoms with Crippen molar-refractivity contribution in [2.75, 3.05) is 58.9 Å². The Morgan fingerprint density at radius 2 is 0.627 bits per heavy atom. The summed E-state index contributed by atoms with van der Waals surface area (Å²) in [4.78, 5) is 176. The molecule has 0 saturated heterocycles. The zero-order chi connectivity index (χ0) is 61.1. The van der Waals surface area contributed by atoms with Crippen molar-refractivity contribution in [1.82, 2.24) is 81.9 Å². The Hall–Kier alpha value is -8.13. The molecule has 0 aliphatic carbocycles.